The highest BCUT2D eigenvalue weighted by Gasteiger charge is 2.25. The minimum Gasteiger partial charge on any atom is -0.488 e. The fourth-order valence-electron chi connectivity index (χ4n) is 3.08. The van der Waals surface area contributed by atoms with Crippen LogP contribution in [0, 0.1) is 11.3 Å². The van der Waals surface area contributed by atoms with Gasteiger partial charge in [0.1, 0.15) is 12.4 Å². The van der Waals surface area contributed by atoms with Gasteiger partial charge in [-0.2, -0.15) is 5.26 Å². The van der Waals surface area contributed by atoms with Crippen LogP contribution in [-0.4, -0.2) is 41.6 Å². The van der Waals surface area contributed by atoms with Crippen LogP contribution in [0.15, 0.2) is 48.8 Å². The SMILES string of the molecule is N#CCCN(CC1CCCO1)C(=O)c1ccccc1OCc1cccnc1. The van der Waals surface area contributed by atoms with E-state index in [9.17, 15) is 4.79 Å². The first kappa shape index (κ1) is 18.9. The van der Waals surface area contributed by atoms with Crippen molar-refractivity contribution in [3.63, 3.8) is 0 Å². The number of ether oxygens (including phenoxy) is 2. The Balaban J connectivity index is 1.73. The van der Waals surface area contributed by atoms with Crippen LogP contribution in [-0.2, 0) is 11.3 Å². The van der Waals surface area contributed by atoms with Gasteiger partial charge in [0.2, 0.25) is 0 Å². The summed E-state index contributed by atoms with van der Waals surface area (Å²) in [6.45, 7) is 1.95. The minimum atomic E-state index is -0.137. The molecule has 6 heteroatoms. The molecule has 0 radical (unpaired) electrons. The monoisotopic (exact) mass is 365 g/mol. The number of benzene rings is 1. The van der Waals surface area contributed by atoms with Crippen molar-refractivity contribution in [2.45, 2.75) is 32.0 Å². The van der Waals surface area contributed by atoms with E-state index in [2.05, 4.69) is 11.1 Å². The van der Waals surface area contributed by atoms with E-state index in [0.29, 0.717) is 31.0 Å². The fraction of sp³-hybridized carbons (Fsp3) is 0.381. The van der Waals surface area contributed by atoms with Crippen molar-refractivity contribution >= 4 is 5.91 Å². The second-order valence-corrected chi connectivity index (χ2v) is 6.44. The molecule has 1 atom stereocenters. The molecule has 27 heavy (non-hydrogen) atoms. The molecule has 1 aromatic carbocycles. The zero-order valence-corrected chi connectivity index (χ0v) is 15.2. The van der Waals surface area contributed by atoms with Crippen molar-refractivity contribution < 1.29 is 14.3 Å². The third-order valence-electron chi connectivity index (χ3n) is 4.46. The highest BCUT2D eigenvalue weighted by atomic mass is 16.5. The van der Waals surface area contributed by atoms with Gasteiger partial charge in [-0.25, -0.2) is 0 Å². The van der Waals surface area contributed by atoms with E-state index in [1.54, 1.807) is 29.4 Å². The van der Waals surface area contributed by atoms with Gasteiger partial charge in [0, 0.05) is 37.7 Å². The van der Waals surface area contributed by atoms with Gasteiger partial charge in [-0.05, 0) is 31.0 Å². The van der Waals surface area contributed by atoms with Gasteiger partial charge >= 0.3 is 0 Å². The van der Waals surface area contributed by atoms with Gasteiger partial charge in [0.05, 0.1) is 24.2 Å². The first-order valence-corrected chi connectivity index (χ1v) is 9.16. The molecule has 1 saturated heterocycles. The summed E-state index contributed by atoms with van der Waals surface area (Å²) < 4.78 is 11.6. The van der Waals surface area contributed by atoms with Crippen LogP contribution in [0.1, 0.15) is 35.2 Å². The molecule has 1 amide bonds. The molecule has 1 aromatic heterocycles. The largest absolute Gasteiger partial charge is 0.488 e. The summed E-state index contributed by atoms with van der Waals surface area (Å²) in [6, 6.07) is 13.1. The van der Waals surface area contributed by atoms with Gasteiger partial charge < -0.3 is 14.4 Å². The first-order valence-electron chi connectivity index (χ1n) is 9.16. The molecular weight excluding hydrogens is 342 g/mol. The number of hydrogen-bond donors (Lipinski definition) is 0. The van der Waals surface area contributed by atoms with Gasteiger partial charge in [-0.1, -0.05) is 18.2 Å². The van der Waals surface area contributed by atoms with Crippen molar-refractivity contribution in [2.75, 3.05) is 19.7 Å². The number of carbonyl (C=O) groups is 1. The molecule has 0 aliphatic carbocycles. The normalized spacial score (nSPS) is 15.9. The number of hydrogen-bond acceptors (Lipinski definition) is 5. The molecule has 3 rings (SSSR count). The number of para-hydroxylation sites is 1. The number of nitriles is 1. The lowest BCUT2D eigenvalue weighted by atomic mass is 10.1. The lowest BCUT2D eigenvalue weighted by Gasteiger charge is -2.25. The van der Waals surface area contributed by atoms with E-state index in [4.69, 9.17) is 14.7 Å². The highest BCUT2D eigenvalue weighted by molar-refractivity contribution is 5.97. The zero-order chi connectivity index (χ0) is 18.9. The fourth-order valence-corrected chi connectivity index (χ4v) is 3.08. The van der Waals surface area contributed by atoms with E-state index in [1.807, 2.05) is 24.3 Å². The van der Waals surface area contributed by atoms with Gasteiger partial charge in [-0.15, -0.1) is 0 Å². The summed E-state index contributed by atoms with van der Waals surface area (Å²) in [7, 11) is 0. The molecule has 140 valence electrons. The van der Waals surface area contributed by atoms with Gasteiger partial charge in [-0.3, -0.25) is 9.78 Å². The molecule has 0 saturated carbocycles. The molecule has 2 heterocycles. The number of pyridine rings is 1. The second-order valence-electron chi connectivity index (χ2n) is 6.44. The number of nitrogens with zero attached hydrogens (tertiary/aromatic N) is 3. The van der Waals surface area contributed by atoms with Crippen molar-refractivity contribution in [1.82, 2.24) is 9.88 Å². The Labute approximate surface area is 159 Å². The Morgan fingerprint density at radius 2 is 2.22 bits per heavy atom. The van der Waals surface area contributed by atoms with E-state index in [1.165, 1.54) is 0 Å². The van der Waals surface area contributed by atoms with E-state index < -0.39 is 0 Å². The van der Waals surface area contributed by atoms with Crippen LogP contribution < -0.4 is 4.74 Å². The third kappa shape index (κ3) is 5.28. The maximum Gasteiger partial charge on any atom is 0.257 e. The summed E-state index contributed by atoms with van der Waals surface area (Å²) >= 11 is 0. The number of amides is 1. The number of aromatic nitrogens is 1. The molecule has 1 unspecified atom stereocenters. The Bertz CT molecular complexity index is 783. The Morgan fingerprint density at radius 3 is 2.96 bits per heavy atom. The van der Waals surface area contributed by atoms with Gasteiger partial charge in [0.25, 0.3) is 5.91 Å². The Hall–Kier alpha value is -2.91. The topological polar surface area (TPSA) is 75.5 Å². The lowest BCUT2D eigenvalue weighted by Crippen LogP contribution is -2.38. The third-order valence-corrected chi connectivity index (χ3v) is 4.46. The molecule has 0 bridgehead atoms. The quantitative estimate of drug-likeness (QED) is 0.718. The number of carbonyl (C=O) groups excluding carboxylic acids is 1. The Morgan fingerprint density at radius 1 is 1.33 bits per heavy atom. The smallest absolute Gasteiger partial charge is 0.257 e. The highest BCUT2D eigenvalue weighted by Crippen LogP contribution is 2.23. The molecular formula is C21H23N3O3. The molecule has 1 aliphatic rings. The maximum absolute atomic E-state index is 13.1. The van der Waals surface area contributed by atoms with Crippen LogP contribution in [0.5, 0.6) is 5.75 Å². The van der Waals surface area contributed by atoms with Crippen LogP contribution in [0.25, 0.3) is 0 Å². The molecule has 2 aromatic rings. The van der Waals surface area contributed by atoms with Gasteiger partial charge in [0.15, 0.2) is 0 Å². The van der Waals surface area contributed by atoms with Crippen molar-refractivity contribution in [3.8, 4) is 11.8 Å². The van der Waals surface area contributed by atoms with E-state index in [-0.39, 0.29) is 18.4 Å². The predicted molar refractivity (Wildman–Crippen MR) is 100 cm³/mol. The molecule has 0 spiro atoms. The van der Waals surface area contributed by atoms with Crippen LogP contribution in [0.3, 0.4) is 0 Å². The first-order chi connectivity index (χ1) is 13.3. The van der Waals surface area contributed by atoms with E-state index >= 15 is 0 Å². The lowest BCUT2D eigenvalue weighted by molar-refractivity contribution is 0.0528. The molecule has 0 N–H and O–H groups in total. The van der Waals surface area contributed by atoms with Crippen molar-refractivity contribution in [2.24, 2.45) is 0 Å². The van der Waals surface area contributed by atoms with Crippen LogP contribution in [0.2, 0.25) is 0 Å². The summed E-state index contributed by atoms with van der Waals surface area (Å²) in [6.07, 6.45) is 5.72. The summed E-state index contributed by atoms with van der Waals surface area (Å²) in [5.41, 5.74) is 1.43. The summed E-state index contributed by atoms with van der Waals surface area (Å²) in [4.78, 5) is 18.9. The zero-order valence-electron chi connectivity index (χ0n) is 15.2. The van der Waals surface area contributed by atoms with E-state index in [0.717, 1.165) is 25.0 Å². The second kappa shape index (κ2) is 9.70. The average Bonchev–Trinajstić information content (AvgIpc) is 3.23. The average molecular weight is 365 g/mol. The van der Waals surface area contributed by atoms with Crippen molar-refractivity contribution in [1.29, 1.82) is 5.26 Å². The minimum absolute atomic E-state index is 0.0381. The molecule has 1 fully saturated rings. The maximum atomic E-state index is 13.1. The number of rotatable bonds is 8. The standard InChI is InChI=1S/C21H23N3O3/c22-10-5-12-24(15-18-7-4-13-26-18)21(25)19-8-1-2-9-20(19)27-16-17-6-3-11-23-14-17/h1-3,6,8-9,11,14,18H,4-5,7,12-13,15-16H2. The Kier molecular flexibility index (Phi) is 6.78. The van der Waals surface area contributed by atoms with Crippen LogP contribution in [0.4, 0.5) is 0 Å². The molecule has 6 nitrogen and oxygen atoms in total. The summed E-state index contributed by atoms with van der Waals surface area (Å²) in [5.74, 6) is 0.392. The van der Waals surface area contributed by atoms with Crippen molar-refractivity contribution in [3.05, 3.63) is 59.9 Å². The predicted octanol–water partition coefficient (Wildman–Crippen LogP) is 3.20. The summed E-state index contributed by atoms with van der Waals surface area (Å²) in [5, 5.41) is 8.94. The molecule has 1 aliphatic heterocycles. The van der Waals surface area contributed by atoms with Crippen LogP contribution >= 0.6 is 0 Å².